The van der Waals surface area contributed by atoms with Gasteiger partial charge in [0, 0.05) is 5.69 Å². The summed E-state index contributed by atoms with van der Waals surface area (Å²) < 4.78 is 37.2. The summed E-state index contributed by atoms with van der Waals surface area (Å²) >= 11 is 0. The van der Waals surface area contributed by atoms with Crippen molar-refractivity contribution < 1.29 is 18.0 Å². The number of hydrogen-bond donors (Lipinski definition) is 2. The fourth-order valence-electron chi connectivity index (χ4n) is 1.69. The zero-order chi connectivity index (χ0) is 16.2. The van der Waals surface area contributed by atoms with E-state index in [9.17, 15) is 18.0 Å². The summed E-state index contributed by atoms with van der Waals surface area (Å²) in [6.45, 7) is 0. The molecule has 0 aromatic heterocycles. The van der Waals surface area contributed by atoms with Gasteiger partial charge in [-0.05, 0) is 29.8 Å². The Kier molecular flexibility index (Phi) is 4.45. The molecular formula is C15H12F3N3O. The molecular weight excluding hydrogens is 295 g/mol. The van der Waals surface area contributed by atoms with E-state index in [4.69, 9.17) is 5.73 Å². The van der Waals surface area contributed by atoms with Crippen molar-refractivity contribution >= 4 is 17.8 Å². The number of carbonyl (C=O) groups is 1. The van der Waals surface area contributed by atoms with E-state index in [0.29, 0.717) is 11.3 Å². The second-order valence-corrected chi connectivity index (χ2v) is 4.41. The third-order valence-electron chi connectivity index (χ3n) is 2.82. The Morgan fingerprint density at radius 3 is 2.32 bits per heavy atom. The molecule has 22 heavy (non-hydrogen) atoms. The number of nitrogens with two attached hydrogens (primary N) is 1. The van der Waals surface area contributed by atoms with Crippen molar-refractivity contribution in [2.24, 2.45) is 5.10 Å². The number of para-hydroxylation sites is 1. The minimum atomic E-state index is -4.38. The van der Waals surface area contributed by atoms with Crippen molar-refractivity contribution in [3.05, 3.63) is 65.2 Å². The van der Waals surface area contributed by atoms with Crippen LogP contribution < -0.4 is 11.2 Å². The van der Waals surface area contributed by atoms with Crippen molar-refractivity contribution in [2.75, 3.05) is 5.73 Å². The molecule has 0 fully saturated rings. The molecule has 2 rings (SSSR count). The highest BCUT2D eigenvalue weighted by molar-refractivity contribution is 5.99. The number of carbonyl (C=O) groups excluding carboxylic acids is 1. The summed E-state index contributed by atoms with van der Waals surface area (Å²) in [4.78, 5) is 11.8. The van der Waals surface area contributed by atoms with E-state index < -0.39 is 17.6 Å². The minimum Gasteiger partial charge on any atom is -0.398 e. The molecule has 2 aromatic rings. The van der Waals surface area contributed by atoms with Gasteiger partial charge >= 0.3 is 6.18 Å². The van der Waals surface area contributed by atoms with Gasteiger partial charge in [-0.3, -0.25) is 4.79 Å². The highest BCUT2D eigenvalue weighted by atomic mass is 19.4. The molecule has 0 heterocycles. The third kappa shape index (κ3) is 3.85. The molecule has 114 valence electrons. The monoisotopic (exact) mass is 307 g/mol. The summed E-state index contributed by atoms with van der Waals surface area (Å²) in [6.07, 6.45) is -3.13. The second-order valence-electron chi connectivity index (χ2n) is 4.41. The van der Waals surface area contributed by atoms with Gasteiger partial charge < -0.3 is 5.73 Å². The lowest BCUT2D eigenvalue weighted by Gasteiger charge is -2.06. The number of alkyl halides is 3. The number of halogens is 3. The number of benzene rings is 2. The largest absolute Gasteiger partial charge is 0.416 e. The predicted octanol–water partition coefficient (Wildman–Crippen LogP) is 3.05. The fraction of sp³-hybridized carbons (Fsp3) is 0.0667. The van der Waals surface area contributed by atoms with Crippen molar-refractivity contribution in [3.63, 3.8) is 0 Å². The lowest BCUT2D eigenvalue weighted by atomic mass is 10.1. The van der Waals surface area contributed by atoms with Gasteiger partial charge in [-0.15, -0.1) is 0 Å². The van der Waals surface area contributed by atoms with Crippen LogP contribution in [0.25, 0.3) is 0 Å². The first-order valence-electron chi connectivity index (χ1n) is 6.23. The fourth-order valence-corrected chi connectivity index (χ4v) is 1.69. The summed E-state index contributed by atoms with van der Waals surface area (Å²) in [5.41, 5.74) is 8.16. The molecule has 0 spiro atoms. The third-order valence-corrected chi connectivity index (χ3v) is 2.82. The number of nitrogens with one attached hydrogen (secondary N) is 1. The molecule has 0 unspecified atom stereocenters. The first-order chi connectivity index (χ1) is 10.4. The van der Waals surface area contributed by atoms with Crippen LogP contribution in [0, 0.1) is 0 Å². The Morgan fingerprint density at radius 1 is 1.09 bits per heavy atom. The van der Waals surface area contributed by atoms with Crippen molar-refractivity contribution in [2.45, 2.75) is 6.18 Å². The highest BCUT2D eigenvalue weighted by Crippen LogP contribution is 2.28. The van der Waals surface area contributed by atoms with Gasteiger partial charge in [-0.25, -0.2) is 5.43 Å². The van der Waals surface area contributed by atoms with Crippen LogP contribution in [0.3, 0.4) is 0 Å². The molecule has 0 atom stereocenters. The van der Waals surface area contributed by atoms with Crippen molar-refractivity contribution in [1.82, 2.24) is 5.43 Å². The normalized spacial score (nSPS) is 11.6. The van der Waals surface area contributed by atoms with E-state index in [-0.39, 0.29) is 5.56 Å². The quantitative estimate of drug-likeness (QED) is 0.520. The van der Waals surface area contributed by atoms with E-state index in [1.165, 1.54) is 24.4 Å². The smallest absolute Gasteiger partial charge is 0.398 e. The standard InChI is InChI=1S/C15H12F3N3O/c16-15(17,18)11-7-5-10(6-8-11)9-20-21-14(22)12-3-1-2-4-13(12)19/h1-9H,19H2,(H,21,22)/b20-9-. The number of nitrogens with zero attached hydrogens (tertiary/aromatic N) is 1. The van der Waals surface area contributed by atoms with E-state index in [2.05, 4.69) is 10.5 Å². The summed E-state index contributed by atoms with van der Waals surface area (Å²) in [7, 11) is 0. The van der Waals surface area contributed by atoms with Crippen molar-refractivity contribution in [1.29, 1.82) is 0 Å². The molecule has 1 amide bonds. The maximum atomic E-state index is 12.4. The summed E-state index contributed by atoms with van der Waals surface area (Å²) in [5, 5.41) is 3.69. The average Bonchev–Trinajstić information content (AvgIpc) is 2.47. The molecule has 0 radical (unpaired) electrons. The molecule has 0 saturated heterocycles. The number of rotatable bonds is 3. The van der Waals surface area contributed by atoms with Crippen LogP contribution in [-0.2, 0) is 6.18 Å². The van der Waals surface area contributed by atoms with Gasteiger partial charge in [-0.1, -0.05) is 24.3 Å². The number of anilines is 1. The van der Waals surface area contributed by atoms with E-state index >= 15 is 0 Å². The Bertz CT molecular complexity index is 694. The number of hydrogen-bond acceptors (Lipinski definition) is 3. The van der Waals surface area contributed by atoms with Gasteiger partial charge in [0.05, 0.1) is 17.3 Å². The van der Waals surface area contributed by atoms with E-state index in [0.717, 1.165) is 12.1 Å². The number of hydrazone groups is 1. The number of amides is 1. The predicted molar refractivity (Wildman–Crippen MR) is 77.4 cm³/mol. The van der Waals surface area contributed by atoms with Gasteiger partial charge in [0.2, 0.25) is 0 Å². The first kappa shape index (κ1) is 15.6. The van der Waals surface area contributed by atoms with E-state index in [1.807, 2.05) is 0 Å². The first-order valence-corrected chi connectivity index (χ1v) is 6.23. The molecule has 3 N–H and O–H groups in total. The van der Waals surface area contributed by atoms with Crippen molar-refractivity contribution in [3.8, 4) is 0 Å². The molecule has 0 aliphatic rings. The van der Waals surface area contributed by atoms with Crippen LogP contribution in [0.15, 0.2) is 53.6 Å². The number of nitrogen functional groups attached to an aromatic ring is 1. The van der Waals surface area contributed by atoms with E-state index in [1.54, 1.807) is 18.2 Å². The molecule has 4 nitrogen and oxygen atoms in total. The van der Waals surface area contributed by atoms with Crippen LogP contribution in [0.4, 0.5) is 18.9 Å². The average molecular weight is 307 g/mol. The molecule has 7 heteroatoms. The van der Waals surface area contributed by atoms with Crippen LogP contribution in [0.5, 0.6) is 0 Å². The topological polar surface area (TPSA) is 67.5 Å². The minimum absolute atomic E-state index is 0.270. The van der Waals surface area contributed by atoms with Crippen LogP contribution in [-0.4, -0.2) is 12.1 Å². The van der Waals surface area contributed by atoms with Gasteiger partial charge in [0.1, 0.15) is 0 Å². The Labute approximate surface area is 124 Å². The highest BCUT2D eigenvalue weighted by Gasteiger charge is 2.29. The maximum absolute atomic E-state index is 12.4. The Hall–Kier alpha value is -2.83. The molecule has 0 saturated carbocycles. The molecule has 0 aliphatic heterocycles. The summed E-state index contributed by atoms with van der Waals surface area (Å²) in [6, 6.07) is 10.9. The SMILES string of the molecule is Nc1ccccc1C(=O)N/N=C\c1ccc(C(F)(F)F)cc1. The Morgan fingerprint density at radius 2 is 1.73 bits per heavy atom. The van der Waals surface area contributed by atoms with Crippen LogP contribution in [0.1, 0.15) is 21.5 Å². The summed E-state index contributed by atoms with van der Waals surface area (Å²) in [5.74, 6) is -0.499. The van der Waals surface area contributed by atoms with Gasteiger partial charge in [0.15, 0.2) is 0 Å². The molecule has 2 aromatic carbocycles. The second kappa shape index (κ2) is 6.30. The lowest BCUT2D eigenvalue weighted by Crippen LogP contribution is -2.19. The zero-order valence-electron chi connectivity index (χ0n) is 11.3. The zero-order valence-corrected chi connectivity index (χ0v) is 11.3. The van der Waals surface area contributed by atoms with Crippen LogP contribution in [0.2, 0.25) is 0 Å². The Balaban J connectivity index is 2.01. The van der Waals surface area contributed by atoms with Gasteiger partial charge in [-0.2, -0.15) is 18.3 Å². The van der Waals surface area contributed by atoms with Crippen LogP contribution >= 0.6 is 0 Å². The lowest BCUT2D eigenvalue weighted by molar-refractivity contribution is -0.137. The molecule has 0 aliphatic carbocycles. The van der Waals surface area contributed by atoms with Gasteiger partial charge in [0.25, 0.3) is 5.91 Å². The molecule has 0 bridgehead atoms. The maximum Gasteiger partial charge on any atom is 0.416 e.